The van der Waals surface area contributed by atoms with E-state index in [2.05, 4.69) is 34.3 Å². The summed E-state index contributed by atoms with van der Waals surface area (Å²) in [6.07, 6.45) is 1.86. The molecule has 1 atom stereocenters. The Balaban J connectivity index is 2.05. The van der Waals surface area contributed by atoms with Gasteiger partial charge in [-0.2, -0.15) is 0 Å². The summed E-state index contributed by atoms with van der Waals surface area (Å²) in [5.74, 6) is 0. The van der Waals surface area contributed by atoms with Crippen LogP contribution in [0.2, 0.25) is 10.0 Å². The topological polar surface area (TPSA) is 28.2 Å². The van der Waals surface area contributed by atoms with Crippen LogP contribution in [0.1, 0.15) is 22.9 Å². The molecule has 2 heterocycles. The molecule has 5 heteroatoms. The monoisotopic (exact) mass is 335 g/mol. The van der Waals surface area contributed by atoms with Gasteiger partial charge in [0.25, 0.3) is 0 Å². The molecule has 0 saturated carbocycles. The molecule has 0 radical (unpaired) electrons. The molecule has 22 heavy (non-hydrogen) atoms. The molecule has 0 amide bonds. The number of aryl methyl sites for hydroxylation is 1. The number of aromatic nitrogens is 1. The zero-order valence-electron chi connectivity index (χ0n) is 12.5. The third-order valence-electron chi connectivity index (χ3n) is 4.09. The summed E-state index contributed by atoms with van der Waals surface area (Å²) in [6, 6.07) is 10.1. The number of hydrogen-bond acceptors (Lipinski definition) is 3. The molecule has 0 bridgehead atoms. The van der Waals surface area contributed by atoms with Gasteiger partial charge in [0.2, 0.25) is 0 Å². The minimum atomic E-state index is 0.109. The van der Waals surface area contributed by atoms with Crippen molar-refractivity contribution in [1.82, 2.24) is 15.2 Å². The van der Waals surface area contributed by atoms with Gasteiger partial charge < -0.3 is 5.32 Å². The van der Waals surface area contributed by atoms with Crippen molar-refractivity contribution >= 4 is 23.2 Å². The van der Waals surface area contributed by atoms with E-state index in [9.17, 15) is 0 Å². The van der Waals surface area contributed by atoms with Gasteiger partial charge in [-0.15, -0.1) is 0 Å². The molecule has 3 nitrogen and oxygen atoms in total. The van der Waals surface area contributed by atoms with E-state index in [1.165, 1.54) is 5.56 Å². The molecule has 1 aliphatic heterocycles. The van der Waals surface area contributed by atoms with E-state index < -0.39 is 0 Å². The molecule has 116 valence electrons. The van der Waals surface area contributed by atoms with Crippen molar-refractivity contribution in [2.24, 2.45) is 0 Å². The second-order valence-corrected chi connectivity index (χ2v) is 6.38. The molecule has 2 aromatic rings. The first kappa shape index (κ1) is 15.8. The number of benzene rings is 1. The van der Waals surface area contributed by atoms with Gasteiger partial charge >= 0.3 is 0 Å². The number of nitrogens with zero attached hydrogens (tertiary/aromatic N) is 2. The van der Waals surface area contributed by atoms with Crippen molar-refractivity contribution in [3.05, 3.63) is 63.4 Å². The van der Waals surface area contributed by atoms with Crippen LogP contribution in [0.3, 0.4) is 0 Å². The van der Waals surface area contributed by atoms with Gasteiger partial charge in [0.05, 0.1) is 21.8 Å². The minimum absolute atomic E-state index is 0.109. The summed E-state index contributed by atoms with van der Waals surface area (Å²) in [5.41, 5.74) is 3.41. The van der Waals surface area contributed by atoms with E-state index in [-0.39, 0.29) is 6.04 Å². The Kier molecular flexibility index (Phi) is 4.99. The average molecular weight is 336 g/mol. The highest BCUT2D eigenvalue weighted by atomic mass is 35.5. The summed E-state index contributed by atoms with van der Waals surface area (Å²) in [5, 5.41) is 4.57. The first-order chi connectivity index (χ1) is 10.7. The summed E-state index contributed by atoms with van der Waals surface area (Å²) in [4.78, 5) is 7.09. The molecule has 1 saturated heterocycles. The van der Waals surface area contributed by atoms with Crippen LogP contribution < -0.4 is 5.32 Å². The van der Waals surface area contributed by atoms with E-state index >= 15 is 0 Å². The lowest BCUT2D eigenvalue weighted by molar-refractivity contribution is 0.195. The normalized spacial score (nSPS) is 17.4. The smallest absolute Gasteiger partial charge is 0.0780 e. The predicted octanol–water partition coefficient (Wildman–Crippen LogP) is 3.69. The summed E-state index contributed by atoms with van der Waals surface area (Å²) < 4.78 is 0. The van der Waals surface area contributed by atoms with Crippen molar-refractivity contribution < 1.29 is 0 Å². The fourth-order valence-electron chi connectivity index (χ4n) is 2.95. The number of hydrogen-bond donors (Lipinski definition) is 1. The van der Waals surface area contributed by atoms with Crippen molar-refractivity contribution in [3.63, 3.8) is 0 Å². The Morgan fingerprint density at radius 2 is 1.91 bits per heavy atom. The minimum Gasteiger partial charge on any atom is -0.314 e. The summed E-state index contributed by atoms with van der Waals surface area (Å²) in [7, 11) is 0. The number of nitrogens with one attached hydrogen (secondary N) is 1. The second kappa shape index (κ2) is 6.97. The van der Waals surface area contributed by atoms with Crippen LogP contribution in [0.25, 0.3) is 0 Å². The molecule has 0 aliphatic carbocycles. The van der Waals surface area contributed by atoms with Crippen LogP contribution in [-0.4, -0.2) is 36.1 Å². The molecule has 1 unspecified atom stereocenters. The van der Waals surface area contributed by atoms with E-state index in [0.29, 0.717) is 10.0 Å². The molecular formula is C17H19Cl2N3. The lowest BCUT2D eigenvalue weighted by Gasteiger charge is -2.35. The second-order valence-electron chi connectivity index (χ2n) is 5.57. The number of halogens is 2. The SMILES string of the molecule is Cc1cccnc1C(c1ccc(Cl)c(Cl)c1)N1CCNCC1. The van der Waals surface area contributed by atoms with Gasteiger partial charge in [-0.3, -0.25) is 9.88 Å². The van der Waals surface area contributed by atoms with Crippen molar-refractivity contribution in [3.8, 4) is 0 Å². The van der Waals surface area contributed by atoms with Crippen molar-refractivity contribution in [2.45, 2.75) is 13.0 Å². The molecule has 0 spiro atoms. The molecule has 1 aromatic carbocycles. The highest BCUT2D eigenvalue weighted by Crippen LogP contribution is 2.33. The standard InChI is InChI=1S/C17H19Cl2N3/c1-12-3-2-6-21-16(12)17(22-9-7-20-8-10-22)13-4-5-14(18)15(19)11-13/h2-6,11,17,20H,7-10H2,1H3. The Hall–Kier alpha value is -1.13. The van der Waals surface area contributed by atoms with Crippen LogP contribution in [0.5, 0.6) is 0 Å². The Bertz CT molecular complexity index is 654. The molecule has 1 N–H and O–H groups in total. The van der Waals surface area contributed by atoms with Crippen LogP contribution >= 0.6 is 23.2 Å². The number of piperazine rings is 1. The first-order valence-electron chi connectivity index (χ1n) is 7.48. The van der Waals surface area contributed by atoms with Gasteiger partial charge in [0, 0.05) is 32.4 Å². The summed E-state index contributed by atoms with van der Waals surface area (Å²) in [6.45, 7) is 6.06. The Morgan fingerprint density at radius 3 is 2.59 bits per heavy atom. The zero-order valence-corrected chi connectivity index (χ0v) is 14.0. The Morgan fingerprint density at radius 1 is 1.14 bits per heavy atom. The Labute approximate surface area is 141 Å². The lowest BCUT2D eigenvalue weighted by Crippen LogP contribution is -2.45. The third-order valence-corrected chi connectivity index (χ3v) is 4.82. The maximum absolute atomic E-state index is 6.24. The van der Waals surface area contributed by atoms with E-state index in [1.54, 1.807) is 0 Å². The number of rotatable bonds is 3. The van der Waals surface area contributed by atoms with Gasteiger partial charge in [0.1, 0.15) is 0 Å². The van der Waals surface area contributed by atoms with Gasteiger partial charge in [0.15, 0.2) is 0 Å². The van der Waals surface area contributed by atoms with E-state index in [1.807, 2.05) is 24.4 Å². The maximum atomic E-state index is 6.24. The van der Waals surface area contributed by atoms with Crippen LogP contribution in [0, 0.1) is 6.92 Å². The fourth-order valence-corrected chi connectivity index (χ4v) is 3.26. The molecule has 1 aromatic heterocycles. The van der Waals surface area contributed by atoms with Crippen LogP contribution in [0.15, 0.2) is 36.5 Å². The van der Waals surface area contributed by atoms with Gasteiger partial charge in [-0.1, -0.05) is 35.3 Å². The highest BCUT2D eigenvalue weighted by molar-refractivity contribution is 6.42. The van der Waals surface area contributed by atoms with Crippen LogP contribution in [0.4, 0.5) is 0 Å². The van der Waals surface area contributed by atoms with E-state index in [0.717, 1.165) is 37.4 Å². The number of pyridine rings is 1. The fraction of sp³-hybridized carbons (Fsp3) is 0.353. The van der Waals surface area contributed by atoms with Crippen LogP contribution in [-0.2, 0) is 0 Å². The highest BCUT2D eigenvalue weighted by Gasteiger charge is 2.26. The average Bonchev–Trinajstić information content (AvgIpc) is 2.54. The van der Waals surface area contributed by atoms with Gasteiger partial charge in [-0.25, -0.2) is 0 Å². The largest absolute Gasteiger partial charge is 0.314 e. The molecular weight excluding hydrogens is 317 g/mol. The molecule has 1 fully saturated rings. The predicted molar refractivity (Wildman–Crippen MR) is 91.7 cm³/mol. The van der Waals surface area contributed by atoms with Crippen molar-refractivity contribution in [1.29, 1.82) is 0 Å². The van der Waals surface area contributed by atoms with Crippen molar-refractivity contribution in [2.75, 3.05) is 26.2 Å². The molecule has 3 rings (SSSR count). The lowest BCUT2D eigenvalue weighted by atomic mass is 9.97. The third kappa shape index (κ3) is 3.28. The molecule has 1 aliphatic rings. The van der Waals surface area contributed by atoms with Gasteiger partial charge in [-0.05, 0) is 36.2 Å². The zero-order chi connectivity index (χ0) is 15.5. The summed E-state index contributed by atoms with van der Waals surface area (Å²) >= 11 is 12.3. The quantitative estimate of drug-likeness (QED) is 0.927. The van der Waals surface area contributed by atoms with E-state index in [4.69, 9.17) is 23.2 Å². The maximum Gasteiger partial charge on any atom is 0.0780 e. The first-order valence-corrected chi connectivity index (χ1v) is 8.23.